The molecule has 6 heteroatoms. The molecule has 0 unspecified atom stereocenters. The Morgan fingerprint density at radius 3 is 2.36 bits per heavy atom. The third kappa shape index (κ3) is 6.85. The minimum atomic E-state index is -3.27. The number of carbonyl (C=O) groups is 1. The molecule has 0 fully saturated rings. The van der Waals surface area contributed by atoms with Crippen molar-refractivity contribution in [1.29, 1.82) is 0 Å². The Morgan fingerprint density at radius 1 is 1.36 bits per heavy atom. The number of carbonyl (C=O) groups excluding carboxylic acids is 1. The quantitative estimate of drug-likeness (QED) is 0.655. The molecule has 0 aromatic heterocycles. The molecule has 84 valence electrons. The number of sulfonamides is 1. The van der Waals surface area contributed by atoms with Gasteiger partial charge in [-0.2, -0.15) is 0 Å². The summed E-state index contributed by atoms with van der Waals surface area (Å²) in [7, 11) is -3.27. The normalized spacial score (nSPS) is 11.7. The van der Waals surface area contributed by atoms with Crippen LogP contribution in [0.2, 0.25) is 0 Å². The fourth-order valence-corrected chi connectivity index (χ4v) is 1.92. The molecule has 0 atom stereocenters. The molecule has 0 saturated carbocycles. The molecule has 14 heavy (non-hydrogen) atoms. The molecule has 0 radical (unpaired) electrons. The van der Waals surface area contributed by atoms with Crippen molar-refractivity contribution in [2.45, 2.75) is 33.2 Å². The number of nitrogens with one attached hydrogen (secondary N) is 2. The lowest BCUT2D eigenvalue weighted by Gasteiger charge is -2.09. The van der Waals surface area contributed by atoms with E-state index in [0.717, 1.165) is 0 Å². The number of hydrogen-bond acceptors (Lipinski definition) is 3. The number of amides is 1. The first kappa shape index (κ1) is 13.4. The highest BCUT2D eigenvalue weighted by Gasteiger charge is 2.10. The minimum Gasteiger partial charge on any atom is -0.353 e. The van der Waals surface area contributed by atoms with Crippen LogP contribution in [-0.2, 0) is 14.8 Å². The van der Waals surface area contributed by atoms with Crippen LogP contribution >= 0.6 is 0 Å². The molecule has 2 N–H and O–H groups in total. The van der Waals surface area contributed by atoms with Crippen LogP contribution in [-0.4, -0.2) is 32.7 Å². The largest absolute Gasteiger partial charge is 0.353 e. The molecule has 0 aromatic carbocycles. The van der Waals surface area contributed by atoms with E-state index in [4.69, 9.17) is 0 Å². The maximum Gasteiger partial charge on any atom is 0.235 e. The van der Waals surface area contributed by atoms with Gasteiger partial charge in [0.15, 0.2) is 0 Å². The summed E-state index contributed by atoms with van der Waals surface area (Å²) in [4.78, 5) is 11.1. The fourth-order valence-electron chi connectivity index (χ4n) is 0.889. The maximum absolute atomic E-state index is 11.1. The van der Waals surface area contributed by atoms with Crippen molar-refractivity contribution in [3.8, 4) is 0 Å². The van der Waals surface area contributed by atoms with Gasteiger partial charge in [0.05, 0.1) is 12.3 Å². The lowest BCUT2D eigenvalue weighted by atomic mass is 10.4. The lowest BCUT2D eigenvalue weighted by Crippen LogP contribution is -2.40. The summed E-state index contributed by atoms with van der Waals surface area (Å²) in [5, 5.41) is 2.59. The van der Waals surface area contributed by atoms with Gasteiger partial charge >= 0.3 is 0 Å². The van der Waals surface area contributed by atoms with Crippen LogP contribution in [0.5, 0.6) is 0 Å². The monoisotopic (exact) mass is 222 g/mol. The van der Waals surface area contributed by atoms with Gasteiger partial charge in [-0.1, -0.05) is 6.92 Å². The molecule has 1 amide bonds. The van der Waals surface area contributed by atoms with Crippen LogP contribution in [0.15, 0.2) is 0 Å². The predicted molar refractivity (Wildman–Crippen MR) is 55.4 cm³/mol. The summed E-state index contributed by atoms with van der Waals surface area (Å²) in [5.74, 6) is -0.248. The van der Waals surface area contributed by atoms with Gasteiger partial charge in [0, 0.05) is 6.04 Å². The van der Waals surface area contributed by atoms with Crippen LogP contribution in [0.25, 0.3) is 0 Å². The highest BCUT2D eigenvalue weighted by molar-refractivity contribution is 7.89. The van der Waals surface area contributed by atoms with Crippen LogP contribution in [0.1, 0.15) is 27.2 Å². The van der Waals surface area contributed by atoms with E-state index < -0.39 is 10.0 Å². The van der Waals surface area contributed by atoms with Crippen molar-refractivity contribution in [3.05, 3.63) is 0 Å². The lowest BCUT2D eigenvalue weighted by molar-refractivity contribution is -0.120. The first-order chi connectivity index (χ1) is 6.37. The summed E-state index contributed by atoms with van der Waals surface area (Å²) in [6, 6.07) is 0.0261. The molecule has 0 aromatic rings. The average Bonchev–Trinajstić information content (AvgIpc) is 2.00. The van der Waals surface area contributed by atoms with E-state index in [1.807, 2.05) is 13.8 Å². The second-order valence-electron chi connectivity index (χ2n) is 3.36. The van der Waals surface area contributed by atoms with E-state index >= 15 is 0 Å². The van der Waals surface area contributed by atoms with Gasteiger partial charge in [-0.25, -0.2) is 13.1 Å². The van der Waals surface area contributed by atoms with Gasteiger partial charge in [0.1, 0.15) is 0 Å². The van der Waals surface area contributed by atoms with Gasteiger partial charge in [0.2, 0.25) is 15.9 Å². The summed E-state index contributed by atoms with van der Waals surface area (Å²) in [6.45, 7) is 5.23. The average molecular weight is 222 g/mol. The third-order valence-corrected chi connectivity index (χ3v) is 2.91. The topological polar surface area (TPSA) is 75.3 Å². The standard InChI is InChI=1S/C8H18N2O3S/c1-4-5-14(12,13)9-6-8(11)10-7(2)3/h7,9H,4-6H2,1-3H3,(H,10,11). The van der Waals surface area contributed by atoms with Crippen molar-refractivity contribution in [3.63, 3.8) is 0 Å². The van der Waals surface area contributed by atoms with Crippen LogP contribution < -0.4 is 10.0 Å². The second kappa shape index (κ2) is 5.98. The Hall–Kier alpha value is -0.620. The number of rotatable bonds is 6. The van der Waals surface area contributed by atoms with Gasteiger partial charge < -0.3 is 5.32 Å². The fraction of sp³-hybridized carbons (Fsp3) is 0.875. The maximum atomic E-state index is 11.1. The molecular weight excluding hydrogens is 204 g/mol. The van der Waals surface area contributed by atoms with E-state index in [1.54, 1.807) is 6.92 Å². The third-order valence-electron chi connectivity index (χ3n) is 1.38. The Morgan fingerprint density at radius 2 is 1.93 bits per heavy atom. The van der Waals surface area contributed by atoms with Crippen molar-refractivity contribution in [2.75, 3.05) is 12.3 Å². The summed E-state index contributed by atoms with van der Waals surface area (Å²) < 4.78 is 24.5. The summed E-state index contributed by atoms with van der Waals surface area (Å²) >= 11 is 0. The predicted octanol–water partition coefficient (Wildman–Crippen LogP) is -0.160. The van der Waals surface area contributed by atoms with E-state index in [0.29, 0.717) is 6.42 Å². The van der Waals surface area contributed by atoms with Gasteiger partial charge in [0.25, 0.3) is 0 Å². The highest BCUT2D eigenvalue weighted by Crippen LogP contribution is 1.87. The Bertz CT molecular complexity index is 272. The van der Waals surface area contributed by atoms with Gasteiger partial charge in [-0.15, -0.1) is 0 Å². The molecule has 0 aliphatic carbocycles. The Kier molecular flexibility index (Phi) is 5.71. The number of hydrogen-bond donors (Lipinski definition) is 2. The highest BCUT2D eigenvalue weighted by atomic mass is 32.2. The molecule has 0 rings (SSSR count). The minimum absolute atomic E-state index is 0.0261. The first-order valence-corrected chi connectivity index (χ1v) is 6.29. The zero-order valence-electron chi connectivity index (χ0n) is 8.83. The Labute approximate surface area is 85.3 Å². The first-order valence-electron chi connectivity index (χ1n) is 4.64. The van der Waals surface area contributed by atoms with E-state index in [-0.39, 0.29) is 24.2 Å². The SMILES string of the molecule is CCCS(=O)(=O)NCC(=O)NC(C)C. The van der Waals surface area contributed by atoms with E-state index in [2.05, 4.69) is 10.0 Å². The van der Waals surface area contributed by atoms with Crippen molar-refractivity contribution in [2.24, 2.45) is 0 Å². The van der Waals surface area contributed by atoms with E-state index in [1.165, 1.54) is 0 Å². The summed E-state index contributed by atoms with van der Waals surface area (Å²) in [5.41, 5.74) is 0. The zero-order chi connectivity index (χ0) is 11.2. The molecule has 0 saturated heterocycles. The van der Waals surface area contributed by atoms with Crippen molar-refractivity contribution < 1.29 is 13.2 Å². The van der Waals surface area contributed by atoms with Crippen molar-refractivity contribution >= 4 is 15.9 Å². The molecule has 0 bridgehead atoms. The molecule has 0 heterocycles. The van der Waals surface area contributed by atoms with Gasteiger partial charge in [-0.05, 0) is 20.3 Å². The molecule has 0 aliphatic rings. The van der Waals surface area contributed by atoms with Crippen LogP contribution in [0.3, 0.4) is 0 Å². The van der Waals surface area contributed by atoms with Crippen molar-refractivity contribution in [1.82, 2.24) is 10.0 Å². The van der Waals surface area contributed by atoms with E-state index in [9.17, 15) is 13.2 Å². The Balaban J connectivity index is 3.88. The van der Waals surface area contributed by atoms with Crippen LogP contribution in [0, 0.1) is 0 Å². The van der Waals surface area contributed by atoms with Gasteiger partial charge in [-0.3, -0.25) is 4.79 Å². The zero-order valence-corrected chi connectivity index (χ0v) is 9.65. The molecule has 0 aliphatic heterocycles. The molecule has 0 spiro atoms. The smallest absolute Gasteiger partial charge is 0.235 e. The molecular formula is C8H18N2O3S. The van der Waals surface area contributed by atoms with Crippen LogP contribution in [0.4, 0.5) is 0 Å². The second-order valence-corrected chi connectivity index (χ2v) is 5.29. The summed E-state index contributed by atoms with van der Waals surface area (Å²) in [6.07, 6.45) is 0.543. The molecule has 5 nitrogen and oxygen atoms in total.